The highest BCUT2D eigenvalue weighted by molar-refractivity contribution is 6.34. The number of hydrogen-bond acceptors (Lipinski definition) is 2. The lowest BCUT2D eigenvalue weighted by molar-refractivity contribution is -0.137. The molecule has 0 aliphatic carbocycles. The van der Waals surface area contributed by atoms with Crippen molar-refractivity contribution in [3.05, 3.63) is 34.3 Å². The maximum atomic E-state index is 12.4. The van der Waals surface area contributed by atoms with Crippen molar-refractivity contribution < 1.29 is 14.7 Å². The van der Waals surface area contributed by atoms with Crippen LogP contribution in [0.2, 0.25) is 5.02 Å². The predicted octanol–water partition coefficient (Wildman–Crippen LogP) is 2.83. The molecule has 0 spiro atoms. The van der Waals surface area contributed by atoms with E-state index >= 15 is 0 Å². The van der Waals surface area contributed by atoms with E-state index in [1.54, 1.807) is 12.1 Å². The highest BCUT2D eigenvalue weighted by Gasteiger charge is 2.21. The second kappa shape index (κ2) is 6.57. The lowest BCUT2D eigenvalue weighted by Crippen LogP contribution is -2.38. The second-order valence-corrected chi connectivity index (χ2v) is 5.29. The Hall–Kier alpha value is -1.55. The Morgan fingerprint density at radius 2 is 2.00 bits per heavy atom. The first-order valence-corrected chi connectivity index (χ1v) is 6.47. The number of carboxylic acid groups (broad SMARTS) is 1. The lowest BCUT2D eigenvalue weighted by Gasteiger charge is -2.23. The van der Waals surface area contributed by atoms with Gasteiger partial charge in [0.05, 0.1) is 10.6 Å². The van der Waals surface area contributed by atoms with E-state index in [1.165, 1.54) is 4.90 Å². The number of carbonyl (C=O) groups is 2. The third-order valence-electron chi connectivity index (χ3n) is 2.62. The second-order valence-electron chi connectivity index (χ2n) is 4.91. The first-order valence-electron chi connectivity index (χ1n) is 6.09. The van der Waals surface area contributed by atoms with Gasteiger partial charge in [0.1, 0.15) is 6.54 Å². The number of hydrogen-bond donors (Lipinski definition) is 1. The van der Waals surface area contributed by atoms with Gasteiger partial charge in [0.25, 0.3) is 5.91 Å². The largest absolute Gasteiger partial charge is 0.480 e. The van der Waals surface area contributed by atoms with Crippen molar-refractivity contribution >= 4 is 23.5 Å². The normalized spacial score (nSPS) is 10.6. The van der Waals surface area contributed by atoms with Crippen molar-refractivity contribution in [1.82, 2.24) is 4.90 Å². The molecule has 1 amide bonds. The molecule has 0 aliphatic rings. The Bertz CT molecular complexity index is 486. The number of aliphatic carboxylic acids is 1. The molecule has 1 N–H and O–H groups in total. The summed E-state index contributed by atoms with van der Waals surface area (Å²) in [7, 11) is 0. The van der Waals surface area contributed by atoms with Gasteiger partial charge in [-0.1, -0.05) is 37.6 Å². The fourth-order valence-electron chi connectivity index (χ4n) is 1.81. The number of halogens is 1. The van der Waals surface area contributed by atoms with Crippen molar-refractivity contribution in [2.45, 2.75) is 20.8 Å². The Kier molecular flexibility index (Phi) is 5.36. The van der Waals surface area contributed by atoms with Crippen molar-refractivity contribution in [3.63, 3.8) is 0 Å². The fourth-order valence-corrected chi connectivity index (χ4v) is 2.01. The highest BCUT2D eigenvalue weighted by atomic mass is 35.5. The van der Waals surface area contributed by atoms with Gasteiger partial charge in [-0.15, -0.1) is 0 Å². The third-order valence-corrected chi connectivity index (χ3v) is 3.12. The summed E-state index contributed by atoms with van der Waals surface area (Å²) in [5.41, 5.74) is 1.15. The molecule has 0 aromatic heterocycles. The molecule has 0 aliphatic heterocycles. The zero-order chi connectivity index (χ0) is 14.6. The number of benzene rings is 1. The van der Waals surface area contributed by atoms with Crippen LogP contribution in [-0.4, -0.2) is 35.0 Å². The zero-order valence-corrected chi connectivity index (χ0v) is 12.1. The lowest BCUT2D eigenvalue weighted by atomic mass is 10.1. The summed E-state index contributed by atoms with van der Waals surface area (Å²) in [6.45, 7) is 5.74. The summed E-state index contributed by atoms with van der Waals surface area (Å²) in [4.78, 5) is 24.5. The van der Waals surface area contributed by atoms with E-state index in [0.717, 1.165) is 5.56 Å². The number of carboxylic acids is 1. The smallest absolute Gasteiger partial charge is 0.323 e. The Morgan fingerprint density at radius 3 is 2.53 bits per heavy atom. The summed E-state index contributed by atoms with van der Waals surface area (Å²) in [5, 5.41) is 9.27. The molecule has 4 nitrogen and oxygen atoms in total. The van der Waals surface area contributed by atoms with Crippen LogP contribution in [0, 0.1) is 12.8 Å². The Morgan fingerprint density at radius 1 is 1.37 bits per heavy atom. The molecule has 1 aromatic rings. The number of carbonyl (C=O) groups excluding carboxylic acids is 1. The number of rotatable bonds is 5. The Balaban J connectivity index is 3.04. The molecule has 0 heterocycles. The molecule has 5 heteroatoms. The molecule has 0 radical (unpaired) electrons. The zero-order valence-electron chi connectivity index (χ0n) is 11.3. The van der Waals surface area contributed by atoms with E-state index in [4.69, 9.17) is 16.7 Å². The fraction of sp³-hybridized carbons (Fsp3) is 0.429. The predicted molar refractivity (Wildman–Crippen MR) is 74.6 cm³/mol. The van der Waals surface area contributed by atoms with Crippen molar-refractivity contribution in [1.29, 1.82) is 0 Å². The van der Waals surface area contributed by atoms with Crippen LogP contribution in [0.25, 0.3) is 0 Å². The van der Waals surface area contributed by atoms with Gasteiger partial charge in [0.2, 0.25) is 0 Å². The Labute approximate surface area is 118 Å². The van der Waals surface area contributed by atoms with Gasteiger partial charge in [0.15, 0.2) is 0 Å². The van der Waals surface area contributed by atoms with Gasteiger partial charge in [-0.2, -0.15) is 0 Å². The minimum atomic E-state index is -1.03. The molecule has 19 heavy (non-hydrogen) atoms. The van der Waals surface area contributed by atoms with Crippen molar-refractivity contribution in [2.75, 3.05) is 13.1 Å². The van der Waals surface area contributed by atoms with Crippen LogP contribution < -0.4 is 0 Å². The summed E-state index contributed by atoms with van der Waals surface area (Å²) in [5.74, 6) is -1.19. The average Bonchev–Trinajstić information content (AvgIpc) is 2.30. The standard InChI is InChI=1S/C14H18ClNO3/c1-9(2)7-16(8-12(17)18)14(19)11-6-4-5-10(3)13(11)15/h4-6,9H,7-8H2,1-3H3,(H,17,18). The third kappa shape index (κ3) is 4.24. The molecule has 1 aromatic carbocycles. The average molecular weight is 284 g/mol. The maximum absolute atomic E-state index is 12.4. The molecular formula is C14H18ClNO3. The van der Waals surface area contributed by atoms with Crippen LogP contribution in [0.15, 0.2) is 18.2 Å². The maximum Gasteiger partial charge on any atom is 0.323 e. The van der Waals surface area contributed by atoms with Crippen LogP contribution in [-0.2, 0) is 4.79 Å². The van der Waals surface area contributed by atoms with E-state index in [-0.39, 0.29) is 18.4 Å². The summed E-state index contributed by atoms with van der Waals surface area (Å²) in [6, 6.07) is 5.17. The monoisotopic (exact) mass is 283 g/mol. The van der Waals surface area contributed by atoms with Gasteiger partial charge < -0.3 is 10.0 Å². The van der Waals surface area contributed by atoms with Gasteiger partial charge in [-0.3, -0.25) is 9.59 Å². The van der Waals surface area contributed by atoms with Crippen LogP contribution in [0.5, 0.6) is 0 Å². The van der Waals surface area contributed by atoms with Gasteiger partial charge >= 0.3 is 5.97 Å². The van der Waals surface area contributed by atoms with Crippen molar-refractivity contribution in [3.8, 4) is 0 Å². The molecule has 0 saturated carbocycles. The van der Waals surface area contributed by atoms with E-state index in [9.17, 15) is 9.59 Å². The van der Waals surface area contributed by atoms with Crippen LogP contribution in [0.1, 0.15) is 29.8 Å². The van der Waals surface area contributed by atoms with Gasteiger partial charge in [-0.05, 0) is 24.5 Å². The van der Waals surface area contributed by atoms with Crippen LogP contribution in [0.4, 0.5) is 0 Å². The molecule has 0 bridgehead atoms. The first kappa shape index (κ1) is 15.5. The van der Waals surface area contributed by atoms with Crippen LogP contribution in [0.3, 0.4) is 0 Å². The van der Waals surface area contributed by atoms with Gasteiger partial charge in [0, 0.05) is 6.54 Å². The summed E-state index contributed by atoms with van der Waals surface area (Å²) < 4.78 is 0. The van der Waals surface area contributed by atoms with E-state index < -0.39 is 5.97 Å². The molecular weight excluding hydrogens is 266 g/mol. The summed E-state index contributed by atoms with van der Waals surface area (Å²) >= 11 is 6.11. The number of nitrogens with zero attached hydrogens (tertiary/aromatic N) is 1. The van der Waals surface area contributed by atoms with E-state index in [2.05, 4.69) is 0 Å². The quantitative estimate of drug-likeness (QED) is 0.904. The SMILES string of the molecule is Cc1cccc(C(=O)N(CC(=O)O)CC(C)C)c1Cl. The molecule has 0 unspecified atom stereocenters. The highest BCUT2D eigenvalue weighted by Crippen LogP contribution is 2.22. The summed E-state index contributed by atoms with van der Waals surface area (Å²) in [6.07, 6.45) is 0. The van der Waals surface area contributed by atoms with Crippen molar-refractivity contribution in [2.24, 2.45) is 5.92 Å². The van der Waals surface area contributed by atoms with E-state index in [1.807, 2.05) is 26.8 Å². The first-order chi connectivity index (χ1) is 8.82. The molecule has 104 valence electrons. The van der Waals surface area contributed by atoms with Gasteiger partial charge in [-0.25, -0.2) is 0 Å². The molecule has 0 atom stereocenters. The molecule has 0 fully saturated rings. The topological polar surface area (TPSA) is 57.6 Å². The number of aryl methyl sites for hydroxylation is 1. The minimum absolute atomic E-state index is 0.187. The van der Waals surface area contributed by atoms with E-state index in [0.29, 0.717) is 17.1 Å². The number of amides is 1. The molecule has 0 saturated heterocycles. The van der Waals surface area contributed by atoms with Crippen LogP contribution >= 0.6 is 11.6 Å². The molecule has 1 rings (SSSR count). The minimum Gasteiger partial charge on any atom is -0.480 e.